The first-order valence-corrected chi connectivity index (χ1v) is 10.6. The highest BCUT2D eigenvalue weighted by Crippen LogP contribution is 2.23. The summed E-state index contributed by atoms with van der Waals surface area (Å²) in [6.45, 7) is 4.31. The number of pyridine rings is 1. The van der Waals surface area contributed by atoms with Crippen LogP contribution < -0.4 is 15.7 Å². The number of nitrogens with zero attached hydrogens (tertiary/aromatic N) is 3. The first-order valence-electron chi connectivity index (χ1n) is 10.2. The molecule has 1 unspecified atom stereocenters. The van der Waals surface area contributed by atoms with Crippen LogP contribution >= 0.6 is 12.2 Å². The molecule has 9 heteroatoms. The smallest absolute Gasteiger partial charge is 0.326 e. The Labute approximate surface area is 184 Å². The number of aromatic amines is 1. The van der Waals surface area contributed by atoms with E-state index in [9.17, 15) is 9.59 Å². The predicted octanol–water partition coefficient (Wildman–Crippen LogP) is 2.31. The molecular formula is C22H25N5O3S. The second-order valence-corrected chi connectivity index (χ2v) is 8.18. The average molecular weight is 440 g/mol. The second kappa shape index (κ2) is 8.60. The molecule has 8 nitrogen and oxygen atoms in total. The van der Waals surface area contributed by atoms with Crippen molar-refractivity contribution >= 4 is 29.0 Å². The summed E-state index contributed by atoms with van der Waals surface area (Å²) >= 11 is 5.38. The fourth-order valence-corrected chi connectivity index (χ4v) is 4.11. The third kappa shape index (κ3) is 4.38. The van der Waals surface area contributed by atoms with Crippen LogP contribution in [0.4, 0.5) is 0 Å². The number of carbonyl (C=O) groups excluding carboxylic acids is 1. The number of carbonyl (C=O) groups is 1. The van der Waals surface area contributed by atoms with E-state index < -0.39 is 0 Å². The molecule has 1 fully saturated rings. The van der Waals surface area contributed by atoms with Gasteiger partial charge in [-0.15, -0.1) is 0 Å². The Morgan fingerprint density at radius 2 is 2.16 bits per heavy atom. The molecule has 0 radical (unpaired) electrons. The van der Waals surface area contributed by atoms with Gasteiger partial charge in [0.15, 0.2) is 0 Å². The lowest BCUT2D eigenvalue weighted by Gasteiger charge is -2.18. The van der Waals surface area contributed by atoms with Crippen LogP contribution in [0.15, 0.2) is 35.1 Å². The molecule has 1 aromatic carbocycles. The summed E-state index contributed by atoms with van der Waals surface area (Å²) in [5.41, 5.74) is 2.74. The van der Waals surface area contributed by atoms with Crippen LogP contribution in [0.25, 0.3) is 10.9 Å². The normalized spacial score (nSPS) is 16.5. The molecule has 1 aliphatic rings. The fourth-order valence-electron chi connectivity index (χ4n) is 3.85. The van der Waals surface area contributed by atoms with Gasteiger partial charge in [0.05, 0.1) is 11.2 Å². The molecule has 0 spiro atoms. The summed E-state index contributed by atoms with van der Waals surface area (Å²) in [5.74, 6) is 0.490. The molecule has 162 valence electrons. The van der Waals surface area contributed by atoms with Crippen LogP contribution in [-0.4, -0.2) is 51.6 Å². The number of nitrogens with one attached hydrogen (secondary N) is 2. The van der Waals surface area contributed by atoms with Crippen molar-refractivity contribution in [3.05, 3.63) is 62.4 Å². The monoisotopic (exact) mass is 439 g/mol. The zero-order valence-corrected chi connectivity index (χ0v) is 18.6. The van der Waals surface area contributed by atoms with Crippen molar-refractivity contribution in [2.24, 2.45) is 7.05 Å². The number of amides is 1. The highest BCUT2D eigenvalue weighted by molar-refractivity contribution is 7.71. The summed E-state index contributed by atoms with van der Waals surface area (Å²) in [4.78, 5) is 33.3. The van der Waals surface area contributed by atoms with E-state index in [0.717, 1.165) is 42.5 Å². The molecule has 0 bridgehead atoms. The highest BCUT2D eigenvalue weighted by Gasteiger charge is 2.25. The quantitative estimate of drug-likeness (QED) is 0.593. The number of hydrogen-bond acceptors (Lipinski definition) is 6. The number of fused-ring (bicyclic) bond motifs is 1. The number of hydrogen-bond donors (Lipinski definition) is 2. The number of H-pyrrole nitrogens is 1. The molecule has 3 heterocycles. The van der Waals surface area contributed by atoms with Gasteiger partial charge in [-0.25, -0.2) is 9.78 Å². The van der Waals surface area contributed by atoms with Gasteiger partial charge >= 0.3 is 5.69 Å². The molecular weight excluding hydrogens is 414 g/mol. The molecule has 0 aliphatic carbocycles. The minimum atomic E-state index is -0.213. The average Bonchev–Trinajstić information content (AvgIpc) is 3.19. The van der Waals surface area contributed by atoms with Crippen LogP contribution in [0.5, 0.6) is 5.75 Å². The van der Waals surface area contributed by atoms with Crippen molar-refractivity contribution in [1.82, 2.24) is 24.8 Å². The van der Waals surface area contributed by atoms with Crippen molar-refractivity contribution in [2.75, 3.05) is 20.1 Å². The number of likely N-dealkylation sites (tertiary alicyclic amines) is 1. The zero-order valence-electron chi connectivity index (χ0n) is 17.8. The second-order valence-electron chi connectivity index (χ2n) is 7.80. The Morgan fingerprint density at radius 1 is 1.35 bits per heavy atom. The molecule has 0 saturated carbocycles. The maximum absolute atomic E-state index is 12.0. The Bertz CT molecular complexity index is 1270. The maximum atomic E-state index is 12.0. The van der Waals surface area contributed by atoms with Crippen LogP contribution in [0.2, 0.25) is 0 Å². The van der Waals surface area contributed by atoms with Gasteiger partial charge < -0.3 is 15.0 Å². The number of rotatable bonds is 5. The first kappa shape index (κ1) is 21.2. The van der Waals surface area contributed by atoms with Crippen molar-refractivity contribution in [2.45, 2.75) is 26.0 Å². The number of ether oxygens (including phenoxy) is 1. The van der Waals surface area contributed by atoms with E-state index in [1.165, 1.54) is 4.57 Å². The maximum Gasteiger partial charge on any atom is 0.326 e. The summed E-state index contributed by atoms with van der Waals surface area (Å²) in [7, 11) is 3.25. The Balaban J connectivity index is 1.43. The SMILES string of the molecule is CNC(=O)c1ccc(OC2CCN(Cc3ccc4c(=S)n(C)c(=O)[nH]c4c3)C2)c(C)n1. The number of aromatic nitrogens is 3. The van der Waals surface area contributed by atoms with Gasteiger partial charge in [-0.05, 0) is 43.2 Å². The lowest BCUT2D eigenvalue weighted by molar-refractivity contribution is 0.0957. The lowest BCUT2D eigenvalue weighted by atomic mass is 10.1. The minimum Gasteiger partial charge on any atom is -0.487 e. The minimum absolute atomic E-state index is 0.0601. The summed E-state index contributed by atoms with van der Waals surface area (Å²) in [5, 5.41) is 3.44. The van der Waals surface area contributed by atoms with Crippen LogP contribution in [-0.2, 0) is 13.6 Å². The molecule has 1 saturated heterocycles. The van der Waals surface area contributed by atoms with Crippen LogP contribution in [0.3, 0.4) is 0 Å². The van der Waals surface area contributed by atoms with E-state index in [1.807, 2.05) is 25.1 Å². The summed E-state index contributed by atoms with van der Waals surface area (Å²) in [6, 6.07) is 9.50. The van der Waals surface area contributed by atoms with Gasteiger partial charge in [-0.3, -0.25) is 14.3 Å². The third-order valence-corrected chi connectivity index (χ3v) is 6.09. The van der Waals surface area contributed by atoms with E-state index in [4.69, 9.17) is 17.0 Å². The molecule has 1 atom stereocenters. The van der Waals surface area contributed by atoms with Crippen molar-refractivity contribution in [3.8, 4) is 5.75 Å². The van der Waals surface area contributed by atoms with E-state index in [1.54, 1.807) is 20.2 Å². The van der Waals surface area contributed by atoms with Crippen molar-refractivity contribution in [3.63, 3.8) is 0 Å². The lowest BCUT2D eigenvalue weighted by Crippen LogP contribution is -2.25. The molecule has 31 heavy (non-hydrogen) atoms. The van der Waals surface area contributed by atoms with E-state index in [2.05, 4.69) is 26.3 Å². The molecule has 3 aromatic rings. The van der Waals surface area contributed by atoms with Crippen molar-refractivity contribution in [1.29, 1.82) is 0 Å². The molecule has 2 aromatic heterocycles. The van der Waals surface area contributed by atoms with Gasteiger partial charge in [0.1, 0.15) is 22.2 Å². The van der Waals surface area contributed by atoms with E-state index in [-0.39, 0.29) is 17.7 Å². The molecule has 1 amide bonds. The van der Waals surface area contributed by atoms with Gasteiger partial charge in [0, 0.05) is 39.1 Å². The number of aryl methyl sites for hydroxylation is 1. The fraction of sp³-hybridized carbons (Fsp3) is 0.364. The Kier molecular flexibility index (Phi) is 5.88. The summed E-state index contributed by atoms with van der Waals surface area (Å²) in [6.07, 6.45) is 0.970. The zero-order chi connectivity index (χ0) is 22.1. The standard InChI is InChI=1S/C22H25N5O3S/c1-13-19(7-6-17(24-13)20(28)23-2)30-15-8-9-27(12-15)11-14-4-5-16-18(10-14)25-22(29)26(3)21(16)31/h4-7,10,15H,8-9,11-12H2,1-3H3,(H,23,28)(H,25,29). The van der Waals surface area contributed by atoms with Gasteiger partial charge in [0.25, 0.3) is 5.91 Å². The van der Waals surface area contributed by atoms with E-state index >= 15 is 0 Å². The predicted molar refractivity (Wildman–Crippen MR) is 121 cm³/mol. The van der Waals surface area contributed by atoms with Crippen LogP contribution in [0.1, 0.15) is 28.2 Å². The van der Waals surface area contributed by atoms with E-state index in [0.29, 0.717) is 21.8 Å². The number of benzene rings is 1. The first-order chi connectivity index (χ1) is 14.9. The molecule has 4 rings (SSSR count). The Hall–Kier alpha value is -3.04. The topological polar surface area (TPSA) is 92.2 Å². The molecule has 2 N–H and O–H groups in total. The summed E-state index contributed by atoms with van der Waals surface area (Å²) < 4.78 is 8.13. The van der Waals surface area contributed by atoms with Gasteiger partial charge in [-0.1, -0.05) is 18.3 Å². The van der Waals surface area contributed by atoms with Gasteiger partial charge in [-0.2, -0.15) is 0 Å². The highest BCUT2D eigenvalue weighted by atomic mass is 32.1. The van der Waals surface area contributed by atoms with Crippen LogP contribution in [0, 0.1) is 11.6 Å². The third-order valence-electron chi connectivity index (χ3n) is 5.59. The molecule has 1 aliphatic heterocycles. The Morgan fingerprint density at radius 3 is 2.90 bits per heavy atom. The van der Waals surface area contributed by atoms with Gasteiger partial charge in [0.2, 0.25) is 0 Å². The largest absolute Gasteiger partial charge is 0.487 e. The van der Waals surface area contributed by atoms with Crippen molar-refractivity contribution < 1.29 is 9.53 Å².